The van der Waals surface area contributed by atoms with E-state index >= 15 is 0 Å². The van der Waals surface area contributed by atoms with Gasteiger partial charge in [-0.15, -0.1) is 0 Å². The van der Waals surface area contributed by atoms with Crippen LogP contribution >= 0.6 is 15.9 Å². The predicted octanol–water partition coefficient (Wildman–Crippen LogP) is 3.28. The summed E-state index contributed by atoms with van der Waals surface area (Å²) in [6, 6.07) is 8.01. The van der Waals surface area contributed by atoms with Gasteiger partial charge in [-0.3, -0.25) is 0 Å². The average Bonchev–Trinajstić information content (AvgIpc) is 3.12. The molecule has 1 aliphatic rings. The van der Waals surface area contributed by atoms with Gasteiger partial charge in [-0.05, 0) is 44.9 Å². The standard InChI is InChI=1S/C15H20BrNO3/c1-15(2,3)20-14(18)17-12(13-9-19-13)8-10-4-6-11(16)7-5-10/h4-7,12-13H,8-9H2,1-3H3,(H,17,18)/t12-,13-/m0/s1. The molecule has 1 fully saturated rings. The van der Waals surface area contributed by atoms with Crippen LogP contribution in [0.1, 0.15) is 26.3 Å². The van der Waals surface area contributed by atoms with Crippen molar-refractivity contribution < 1.29 is 14.3 Å². The van der Waals surface area contributed by atoms with Crippen LogP contribution in [-0.4, -0.2) is 30.4 Å². The molecule has 1 amide bonds. The summed E-state index contributed by atoms with van der Waals surface area (Å²) in [7, 11) is 0. The molecule has 0 aliphatic carbocycles. The van der Waals surface area contributed by atoms with Crippen molar-refractivity contribution in [1.82, 2.24) is 5.32 Å². The number of amides is 1. The minimum absolute atomic E-state index is 0.0500. The quantitative estimate of drug-likeness (QED) is 0.855. The summed E-state index contributed by atoms with van der Waals surface area (Å²) in [5, 5.41) is 2.90. The van der Waals surface area contributed by atoms with Gasteiger partial charge in [0.1, 0.15) is 11.7 Å². The summed E-state index contributed by atoms with van der Waals surface area (Å²) in [4.78, 5) is 11.8. The van der Waals surface area contributed by atoms with Gasteiger partial charge in [0, 0.05) is 4.47 Å². The number of alkyl carbamates (subject to hydrolysis) is 1. The third kappa shape index (κ3) is 5.13. The van der Waals surface area contributed by atoms with E-state index in [1.807, 2.05) is 45.0 Å². The molecule has 4 nitrogen and oxygen atoms in total. The lowest BCUT2D eigenvalue weighted by molar-refractivity contribution is 0.0495. The van der Waals surface area contributed by atoms with Gasteiger partial charge in [-0.25, -0.2) is 4.79 Å². The molecule has 0 saturated carbocycles. The zero-order chi connectivity index (χ0) is 14.8. The molecular formula is C15H20BrNO3. The molecule has 0 unspecified atom stereocenters. The van der Waals surface area contributed by atoms with Crippen LogP contribution in [0, 0.1) is 0 Å². The molecule has 1 aromatic carbocycles. The van der Waals surface area contributed by atoms with Crippen molar-refractivity contribution in [1.29, 1.82) is 0 Å². The molecule has 110 valence electrons. The molecule has 0 bridgehead atoms. The van der Waals surface area contributed by atoms with E-state index in [1.54, 1.807) is 0 Å². The van der Waals surface area contributed by atoms with E-state index in [0.717, 1.165) is 16.5 Å². The molecular weight excluding hydrogens is 322 g/mol. The first-order chi connectivity index (χ1) is 9.33. The fourth-order valence-corrected chi connectivity index (χ4v) is 2.16. The Morgan fingerprint density at radius 1 is 1.45 bits per heavy atom. The molecule has 2 rings (SSSR count). The zero-order valence-electron chi connectivity index (χ0n) is 12.0. The van der Waals surface area contributed by atoms with Crippen molar-refractivity contribution in [2.75, 3.05) is 6.61 Å². The molecule has 1 saturated heterocycles. The number of benzene rings is 1. The van der Waals surface area contributed by atoms with Gasteiger partial charge in [0.25, 0.3) is 0 Å². The highest BCUT2D eigenvalue weighted by Crippen LogP contribution is 2.20. The Morgan fingerprint density at radius 2 is 2.05 bits per heavy atom. The lowest BCUT2D eigenvalue weighted by Gasteiger charge is -2.23. The monoisotopic (exact) mass is 341 g/mol. The van der Waals surface area contributed by atoms with Gasteiger partial charge >= 0.3 is 6.09 Å². The Labute approximate surface area is 128 Å². The number of ether oxygens (including phenoxy) is 2. The number of halogens is 1. The topological polar surface area (TPSA) is 50.9 Å². The van der Waals surface area contributed by atoms with Crippen LogP contribution in [0.3, 0.4) is 0 Å². The van der Waals surface area contributed by atoms with E-state index in [-0.39, 0.29) is 12.1 Å². The second-order valence-corrected chi connectivity index (χ2v) is 6.87. The lowest BCUT2D eigenvalue weighted by atomic mass is 10.0. The van der Waals surface area contributed by atoms with Crippen molar-refractivity contribution >= 4 is 22.0 Å². The third-order valence-corrected chi connectivity index (χ3v) is 3.41. The number of epoxide rings is 1. The Hall–Kier alpha value is -1.07. The van der Waals surface area contributed by atoms with Gasteiger partial charge in [0.05, 0.1) is 12.6 Å². The molecule has 0 spiro atoms. The highest BCUT2D eigenvalue weighted by molar-refractivity contribution is 9.10. The summed E-state index contributed by atoms with van der Waals surface area (Å²) in [5.41, 5.74) is 0.668. The normalized spacial score (nSPS) is 19.3. The molecule has 5 heteroatoms. The van der Waals surface area contributed by atoms with Crippen molar-refractivity contribution in [3.05, 3.63) is 34.3 Å². The maximum atomic E-state index is 11.8. The zero-order valence-corrected chi connectivity index (χ0v) is 13.6. The van der Waals surface area contributed by atoms with Crippen LogP contribution in [-0.2, 0) is 15.9 Å². The fourth-order valence-electron chi connectivity index (χ4n) is 1.90. The minimum Gasteiger partial charge on any atom is -0.444 e. The van der Waals surface area contributed by atoms with Crippen molar-refractivity contribution in [2.45, 2.75) is 44.9 Å². The van der Waals surface area contributed by atoms with Gasteiger partial charge in [0.15, 0.2) is 0 Å². The Bertz CT molecular complexity index is 463. The van der Waals surface area contributed by atoms with Crippen LogP contribution in [0.15, 0.2) is 28.7 Å². The van der Waals surface area contributed by atoms with Gasteiger partial charge in [-0.2, -0.15) is 0 Å². The minimum atomic E-state index is -0.489. The van der Waals surface area contributed by atoms with E-state index in [4.69, 9.17) is 9.47 Å². The lowest BCUT2D eigenvalue weighted by Crippen LogP contribution is -2.43. The summed E-state index contributed by atoms with van der Waals surface area (Å²) < 4.78 is 11.7. The van der Waals surface area contributed by atoms with E-state index in [2.05, 4.69) is 21.2 Å². The van der Waals surface area contributed by atoms with Crippen LogP contribution < -0.4 is 5.32 Å². The predicted molar refractivity (Wildman–Crippen MR) is 80.7 cm³/mol. The molecule has 1 aliphatic heterocycles. The van der Waals surface area contributed by atoms with Crippen LogP contribution in [0.2, 0.25) is 0 Å². The first-order valence-electron chi connectivity index (χ1n) is 6.69. The number of carbonyl (C=O) groups is 1. The average molecular weight is 342 g/mol. The molecule has 1 aromatic rings. The molecule has 20 heavy (non-hydrogen) atoms. The molecule has 2 atom stereocenters. The number of rotatable bonds is 4. The van der Waals surface area contributed by atoms with Crippen molar-refractivity contribution in [3.63, 3.8) is 0 Å². The fraction of sp³-hybridized carbons (Fsp3) is 0.533. The van der Waals surface area contributed by atoms with Crippen LogP contribution in [0.5, 0.6) is 0 Å². The number of carbonyl (C=O) groups excluding carboxylic acids is 1. The Morgan fingerprint density at radius 3 is 2.55 bits per heavy atom. The van der Waals surface area contributed by atoms with Gasteiger partial charge in [0.2, 0.25) is 0 Å². The maximum Gasteiger partial charge on any atom is 0.407 e. The largest absolute Gasteiger partial charge is 0.444 e. The van der Waals surface area contributed by atoms with Crippen LogP contribution in [0.4, 0.5) is 4.79 Å². The number of nitrogens with one attached hydrogen (secondary N) is 1. The summed E-state index contributed by atoms with van der Waals surface area (Å²) in [6.45, 7) is 6.24. The highest BCUT2D eigenvalue weighted by Gasteiger charge is 2.34. The smallest absolute Gasteiger partial charge is 0.407 e. The molecule has 0 aromatic heterocycles. The van der Waals surface area contributed by atoms with E-state index in [1.165, 1.54) is 0 Å². The van der Waals surface area contributed by atoms with E-state index < -0.39 is 11.7 Å². The van der Waals surface area contributed by atoms with E-state index in [9.17, 15) is 4.79 Å². The van der Waals surface area contributed by atoms with Gasteiger partial charge < -0.3 is 14.8 Å². The molecule has 1 heterocycles. The molecule has 1 N–H and O–H groups in total. The van der Waals surface area contributed by atoms with Crippen molar-refractivity contribution in [2.24, 2.45) is 0 Å². The summed E-state index contributed by atoms with van der Waals surface area (Å²) in [5.74, 6) is 0. The summed E-state index contributed by atoms with van der Waals surface area (Å²) >= 11 is 3.41. The van der Waals surface area contributed by atoms with Crippen molar-refractivity contribution in [3.8, 4) is 0 Å². The SMILES string of the molecule is CC(C)(C)OC(=O)N[C@@H](Cc1ccc(Br)cc1)[C@@H]1CO1. The van der Waals surface area contributed by atoms with E-state index in [0.29, 0.717) is 6.61 Å². The first kappa shape index (κ1) is 15.3. The van der Waals surface area contributed by atoms with Crippen LogP contribution in [0.25, 0.3) is 0 Å². The second kappa shape index (κ2) is 6.14. The first-order valence-corrected chi connectivity index (χ1v) is 7.48. The summed E-state index contributed by atoms with van der Waals surface area (Å²) in [6.07, 6.45) is 0.429. The molecule has 0 radical (unpaired) electrons. The Balaban J connectivity index is 1.94. The third-order valence-electron chi connectivity index (χ3n) is 2.88. The number of hydrogen-bond donors (Lipinski definition) is 1. The van der Waals surface area contributed by atoms with Gasteiger partial charge in [-0.1, -0.05) is 28.1 Å². The Kier molecular flexibility index (Phi) is 4.70. The highest BCUT2D eigenvalue weighted by atomic mass is 79.9. The maximum absolute atomic E-state index is 11.8. The number of hydrogen-bond acceptors (Lipinski definition) is 3. The second-order valence-electron chi connectivity index (χ2n) is 5.96.